The van der Waals surface area contributed by atoms with Crippen molar-refractivity contribution in [1.82, 2.24) is 19.7 Å². The summed E-state index contributed by atoms with van der Waals surface area (Å²) in [6.07, 6.45) is 1.05. The summed E-state index contributed by atoms with van der Waals surface area (Å²) in [4.78, 5) is 2.50. The summed E-state index contributed by atoms with van der Waals surface area (Å²) >= 11 is 5.29. The minimum atomic E-state index is 0.336. The Hall–Kier alpha value is -1.66. The predicted octanol–water partition coefficient (Wildman–Crippen LogP) is 2.61. The summed E-state index contributed by atoms with van der Waals surface area (Å²) in [5, 5.41) is 6.81. The van der Waals surface area contributed by atoms with Gasteiger partial charge in [0.25, 0.3) is 0 Å². The Bertz CT molecular complexity index is 648. The topological polar surface area (TPSA) is 62.9 Å². The second-order valence-corrected chi connectivity index (χ2v) is 6.20. The molecule has 2 aromatic rings. The summed E-state index contributed by atoms with van der Waals surface area (Å²) in [6, 6.07) is 10.9. The Kier molecular flexibility index (Phi) is 4.07. The van der Waals surface area contributed by atoms with Crippen LogP contribution in [0, 0.1) is 10.7 Å². The highest BCUT2D eigenvalue weighted by Gasteiger charge is 2.29. The summed E-state index contributed by atoms with van der Waals surface area (Å²) in [5.41, 5.74) is 7.30. The number of benzene rings is 1. The van der Waals surface area contributed by atoms with Crippen molar-refractivity contribution in [2.75, 3.05) is 18.8 Å². The third-order valence-electron chi connectivity index (χ3n) is 4.26. The van der Waals surface area contributed by atoms with Gasteiger partial charge in [-0.3, -0.25) is 9.47 Å². The van der Waals surface area contributed by atoms with E-state index in [1.54, 1.807) is 0 Å². The van der Waals surface area contributed by atoms with Gasteiger partial charge in [0.1, 0.15) is 0 Å². The van der Waals surface area contributed by atoms with E-state index >= 15 is 0 Å². The average molecular weight is 303 g/mol. The lowest BCUT2D eigenvalue weighted by atomic mass is 9.93. The van der Waals surface area contributed by atoms with Crippen molar-refractivity contribution in [3.8, 4) is 0 Å². The van der Waals surface area contributed by atoms with Crippen molar-refractivity contribution in [2.24, 2.45) is 5.92 Å². The first kappa shape index (κ1) is 14.3. The monoisotopic (exact) mass is 303 g/mol. The van der Waals surface area contributed by atoms with E-state index in [0.717, 1.165) is 26.1 Å². The molecule has 0 bridgehead atoms. The maximum absolute atomic E-state index is 5.93. The van der Waals surface area contributed by atoms with E-state index in [1.807, 2.05) is 4.57 Å². The summed E-state index contributed by atoms with van der Waals surface area (Å²) in [5.74, 6) is 0.988. The molecule has 1 saturated heterocycles. The van der Waals surface area contributed by atoms with E-state index < -0.39 is 0 Å². The fourth-order valence-electron chi connectivity index (χ4n) is 3.23. The van der Waals surface area contributed by atoms with E-state index in [0.29, 0.717) is 22.7 Å². The molecule has 2 unspecified atom stereocenters. The molecular weight excluding hydrogens is 282 g/mol. The van der Waals surface area contributed by atoms with Crippen LogP contribution in [-0.2, 0) is 6.54 Å². The number of nitrogen functional groups attached to an aromatic ring is 1. The van der Waals surface area contributed by atoms with Crippen molar-refractivity contribution >= 4 is 18.2 Å². The lowest BCUT2D eigenvalue weighted by Crippen LogP contribution is -2.40. The number of aromatic amines is 1. The zero-order valence-corrected chi connectivity index (χ0v) is 13.0. The van der Waals surface area contributed by atoms with Gasteiger partial charge in [-0.05, 0) is 30.1 Å². The van der Waals surface area contributed by atoms with Crippen molar-refractivity contribution in [3.63, 3.8) is 0 Å². The Morgan fingerprint density at radius 1 is 1.38 bits per heavy atom. The number of nitrogens with one attached hydrogen (secondary N) is 1. The number of nitrogens with zero attached hydrogens (tertiary/aromatic N) is 3. The number of hydrogen-bond donors (Lipinski definition) is 2. The molecule has 0 spiro atoms. The van der Waals surface area contributed by atoms with Gasteiger partial charge in [-0.1, -0.05) is 37.3 Å². The number of aromatic nitrogens is 3. The molecule has 1 aromatic heterocycles. The Labute approximate surface area is 129 Å². The van der Waals surface area contributed by atoms with Gasteiger partial charge in [0.2, 0.25) is 5.95 Å². The SMILES string of the molecule is CC1CN(Cc2ccccc2)CCC1n1c(N)n[nH]c1=S. The van der Waals surface area contributed by atoms with Gasteiger partial charge >= 0.3 is 0 Å². The third kappa shape index (κ3) is 3.01. The van der Waals surface area contributed by atoms with Crippen LogP contribution in [0.5, 0.6) is 0 Å². The molecule has 1 aliphatic rings. The van der Waals surface area contributed by atoms with Crippen LogP contribution < -0.4 is 5.73 Å². The number of piperidine rings is 1. The van der Waals surface area contributed by atoms with Gasteiger partial charge in [-0.15, -0.1) is 5.10 Å². The second kappa shape index (κ2) is 5.99. The molecule has 0 amide bonds. The van der Waals surface area contributed by atoms with Crippen LogP contribution in [0.3, 0.4) is 0 Å². The first-order chi connectivity index (χ1) is 10.1. The van der Waals surface area contributed by atoms with Crippen LogP contribution >= 0.6 is 12.2 Å². The molecule has 1 aliphatic heterocycles. The lowest BCUT2D eigenvalue weighted by Gasteiger charge is -2.37. The zero-order valence-electron chi connectivity index (χ0n) is 12.2. The maximum Gasteiger partial charge on any atom is 0.220 e. The maximum atomic E-state index is 5.93. The Balaban J connectivity index is 1.69. The predicted molar refractivity (Wildman–Crippen MR) is 86.4 cm³/mol. The van der Waals surface area contributed by atoms with Gasteiger partial charge in [-0.2, -0.15) is 0 Å². The lowest BCUT2D eigenvalue weighted by molar-refractivity contribution is 0.127. The van der Waals surface area contributed by atoms with E-state index in [2.05, 4.69) is 52.4 Å². The molecule has 0 aliphatic carbocycles. The number of anilines is 1. The fourth-order valence-corrected chi connectivity index (χ4v) is 3.50. The second-order valence-electron chi connectivity index (χ2n) is 5.81. The first-order valence-corrected chi connectivity index (χ1v) is 7.74. The summed E-state index contributed by atoms with van der Waals surface area (Å²) in [6.45, 7) is 5.36. The molecule has 3 rings (SSSR count). The highest BCUT2D eigenvalue weighted by Crippen LogP contribution is 2.30. The van der Waals surface area contributed by atoms with Crippen LogP contribution in [-0.4, -0.2) is 32.8 Å². The highest BCUT2D eigenvalue weighted by atomic mass is 32.1. The van der Waals surface area contributed by atoms with Gasteiger partial charge in [0.15, 0.2) is 4.77 Å². The summed E-state index contributed by atoms with van der Waals surface area (Å²) < 4.78 is 2.60. The minimum absolute atomic E-state index is 0.336. The van der Waals surface area contributed by atoms with E-state index in [4.69, 9.17) is 18.0 Å². The molecule has 112 valence electrons. The van der Waals surface area contributed by atoms with Crippen LogP contribution in [0.2, 0.25) is 0 Å². The quantitative estimate of drug-likeness (QED) is 0.856. The first-order valence-electron chi connectivity index (χ1n) is 7.34. The molecule has 0 radical (unpaired) electrons. The number of nitrogens with two attached hydrogens (primary N) is 1. The van der Waals surface area contributed by atoms with Crippen molar-refractivity contribution in [1.29, 1.82) is 0 Å². The number of likely N-dealkylation sites (tertiary alicyclic amines) is 1. The van der Waals surface area contributed by atoms with Crippen LogP contribution in [0.1, 0.15) is 24.9 Å². The van der Waals surface area contributed by atoms with Crippen molar-refractivity contribution in [3.05, 3.63) is 40.7 Å². The minimum Gasteiger partial charge on any atom is -0.368 e. The molecule has 1 fully saturated rings. The molecule has 21 heavy (non-hydrogen) atoms. The van der Waals surface area contributed by atoms with Gasteiger partial charge in [0, 0.05) is 25.7 Å². The largest absolute Gasteiger partial charge is 0.368 e. The molecular formula is C15H21N5S. The standard InChI is InChI=1S/C15H21N5S/c1-11-9-19(10-12-5-3-2-4-6-12)8-7-13(11)20-14(16)17-18-15(20)21/h2-6,11,13H,7-10H2,1H3,(H2,16,17)(H,18,21). The Morgan fingerprint density at radius 2 is 2.14 bits per heavy atom. The molecule has 2 heterocycles. The van der Waals surface area contributed by atoms with E-state index in [9.17, 15) is 0 Å². The van der Waals surface area contributed by atoms with Gasteiger partial charge in [-0.25, -0.2) is 5.10 Å². The highest BCUT2D eigenvalue weighted by molar-refractivity contribution is 7.71. The number of hydrogen-bond acceptors (Lipinski definition) is 4. The van der Waals surface area contributed by atoms with Crippen molar-refractivity contribution in [2.45, 2.75) is 25.9 Å². The van der Waals surface area contributed by atoms with Crippen LogP contribution in [0.4, 0.5) is 5.95 Å². The Morgan fingerprint density at radius 3 is 2.76 bits per heavy atom. The van der Waals surface area contributed by atoms with Gasteiger partial charge < -0.3 is 5.73 Å². The van der Waals surface area contributed by atoms with E-state index in [-0.39, 0.29) is 0 Å². The molecule has 0 saturated carbocycles. The molecule has 3 N–H and O–H groups in total. The molecule has 6 heteroatoms. The van der Waals surface area contributed by atoms with Gasteiger partial charge in [0.05, 0.1) is 0 Å². The zero-order chi connectivity index (χ0) is 14.8. The average Bonchev–Trinajstić information content (AvgIpc) is 2.80. The number of H-pyrrole nitrogens is 1. The smallest absolute Gasteiger partial charge is 0.220 e. The molecule has 1 aromatic carbocycles. The normalized spacial score (nSPS) is 23.3. The van der Waals surface area contributed by atoms with Crippen LogP contribution in [0.15, 0.2) is 30.3 Å². The fraction of sp³-hybridized carbons (Fsp3) is 0.467. The molecule has 2 atom stereocenters. The molecule has 5 nitrogen and oxygen atoms in total. The summed E-state index contributed by atoms with van der Waals surface area (Å²) in [7, 11) is 0. The van der Waals surface area contributed by atoms with Crippen molar-refractivity contribution < 1.29 is 0 Å². The van der Waals surface area contributed by atoms with Crippen LogP contribution in [0.25, 0.3) is 0 Å². The third-order valence-corrected chi connectivity index (χ3v) is 4.54. The number of rotatable bonds is 3. The van der Waals surface area contributed by atoms with E-state index in [1.165, 1.54) is 5.56 Å².